The Kier molecular flexibility index (Phi) is 3.20. The number of aromatic nitrogens is 1. The molecule has 2 aromatic rings. The van der Waals surface area contributed by atoms with Gasteiger partial charge in [-0.15, -0.1) is 11.3 Å². The summed E-state index contributed by atoms with van der Waals surface area (Å²) >= 11 is 1.31. The van der Waals surface area contributed by atoms with Gasteiger partial charge in [0, 0.05) is 17.0 Å². The van der Waals surface area contributed by atoms with Crippen molar-refractivity contribution in [3.05, 3.63) is 28.6 Å². The average Bonchev–Trinajstić information content (AvgIpc) is 2.78. The van der Waals surface area contributed by atoms with Crippen molar-refractivity contribution < 1.29 is 15.0 Å². The van der Waals surface area contributed by atoms with Crippen molar-refractivity contribution in [2.45, 2.75) is 19.3 Å². The Morgan fingerprint density at radius 2 is 2.05 bits per heavy atom. The zero-order valence-corrected chi connectivity index (χ0v) is 11.4. The van der Waals surface area contributed by atoms with E-state index in [1.165, 1.54) is 23.5 Å². The van der Waals surface area contributed by atoms with Gasteiger partial charge in [-0.05, 0) is 26.0 Å². The van der Waals surface area contributed by atoms with E-state index in [2.05, 4.69) is 4.98 Å². The van der Waals surface area contributed by atoms with Crippen LogP contribution in [0.3, 0.4) is 0 Å². The molecule has 0 saturated heterocycles. The number of aromatic hydroxyl groups is 2. The molecule has 2 rings (SSSR count). The van der Waals surface area contributed by atoms with E-state index in [1.54, 1.807) is 25.3 Å². The smallest absolute Gasteiger partial charge is 0.229 e. The zero-order chi connectivity index (χ0) is 14.2. The van der Waals surface area contributed by atoms with Gasteiger partial charge in [0.15, 0.2) is 0 Å². The highest BCUT2D eigenvalue weighted by atomic mass is 32.1. The molecule has 0 unspecified atom stereocenters. The predicted molar refractivity (Wildman–Crippen MR) is 73.1 cm³/mol. The van der Waals surface area contributed by atoms with Gasteiger partial charge in [0.2, 0.25) is 5.91 Å². The number of hydrogen-bond donors (Lipinski definition) is 3. The molecule has 6 heteroatoms. The molecule has 0 aliphatic carbocycles. The Bertz CT molecular complexity index is 635. The summed E-state index contributed by atoms with van der Waals surface area (Å²) in [6.45, 7) is 3.41. The average molecular weight is 278 g/mol. The van der Waals surface area contributed by atoms with Gasteiger partial charge >= 0.3 is 0 Å². The molecule has 1 aromatic heterocycles. The molecule has 1 aromatic carbocycles. The maximum absolute atomic E-state index is 11.4. The minimum atomic E-state index is -0.852. The monoisotopic (exact) mass is 278 g/mol. The molecule has 0 aliphatic heterocycles. The van der Waals surface area contributed by atoms with E-state index in [-0.39, 0.29) is 11.5 Å². The SMILES string of the molecule is CC(C)(C(N)=O)c1nc(-c2ccc(O)cc2O)cs1. The van der Waals surface area contributed by atoms with Crippen LogP contribution in [0.15, 0.2) is 23.6 Å². The van der Waals surface area contributed by atoms with E-state index in [0.29, 0.717) is 16.3 Å². The maximum Gasteiger partial charge on any atom is 0.229 e. The Balaban J connectivity index is 2.44. The Labute approximate surface area is 114 Å². The molecular formula is C13H14N2O3S. The van der Waals surface area contributed by atoms with Crippen LogP contribution in [0.5, 0.6) is 11.5 Å². The van der Waals surface area contributed by atoms with Crippen molar-refractivity contribution in [2.24, 2.45) is 5.73 Å². The molecule has 0 radical (unpaired) electrons. The molecule has 5 nitrogen and oxygen atoms in total. The van der Waals surface area contributed by atoms with Crippen LogP contribution in [-0.2, 0) is 10.2 Å². The number of hydrogen-bond acceptors (Lipinski definition) is 5. The first-order valence-corrected chi connectivity index (χ1v) is 6.48. The molecule has 1 amide bonds. The summed E-state index contributed by atoms with van der Waals surface area (Å²) in [4.78, 5) is 15.7. The highest BCUT2D eigenvalue weighted by molar-refractivity contribution is 7.10. The predicted octanol–water partition coefficient (Wildman–Crippen LogP) is 1.98. The highest BCUT2D eigenvalue weighted by Crippen LogP contribution is 2.35. The number of benzene rings is 1. The van der Waals surface area contributed by atoms with Crippen molar-refractivity contribution >= 4 is 17.2 Å². The number of phenols is 2. The van der Waals surface area contributed by atoms with Crippen molar-refractivity contribution in [2.75, 3.05) is 0 Å². The van der Waals surface area contributed by atoms with E-state index in [1.807, 2.05) is 0 Å². The molecule has 0 spiro atoms. The van der Waals surface area contributed by atoms with Crippen LogP contribution >= 0.6 is 11.3 Å². The number of rotatable bonds is 3. The lowest BCUT2D eigenvalue weighted by atomic mass is 9.94. The summed E-state index contributed by atoms with van der Waals surface area (Å²) in [5.41, 5.74) is 5.54. The molecule has 0 bridgehead atoms. The van der Waals surface area contributed by atoms with Crippen molar-refractivity contribution in [1.29, 1.82) is 0 Å². The normalized spacial score (nSPS) is 11.5. The molecule has 100 valence electrons. The van der Waals surface area contributed by atoms with Crippen LogP contribution in [-0.4, -0.2) is 21.1 Å². The van der Waals surface area contributed by atoms with Crippen LogP contribution in [0.2, 0.25) is 0 Å². The number of carbonyl (C=O) groups excluding carboxylic acids is 1. The summed E-state index contributed by atoms with van der Waals surface area (Å²) in [6.07, 6.45) is 0. The lowest BCUT2D eigenvalue weighted by Gasteiger charge is -2.16. The third-order valence-electron chi connectivity index (χ3n) is 2.91. The highest BCUT2D eigenvalue weighted by Gasteiger charge is 2.31. The van der Waals surface area contributed by atoms with Gasteiger partial charge < -0.3 is 15.9 Å². The number of nitrogens with two attached hydrogens (primary N) is 1. The molecule has 1 heterocycles. The maximum atomic E-state index is 11.4. The van der Waals surface area contributed by atoms with Crippen LogP contribution < -0.4 is 5.73 Å². The first kappa shape index (κ1) is 13.4. The van der Waals surface area contributed by atoms with Crippen molar-refractivity contribution in [1.82, 2.24) is 4.98 Å². The third kappa shape index (κ3) is 2.39. The summed E-state index contributed by atoms with van der Waals surface area (Å²) < 4.78 is 0. The van der Waals surface area contributed by atoms with Crippen LogP contribution in [0, 0.1) is 0 Å². The summed E-state index contributed by atoms with van der Waals surface area (Å²) in [7, 11) is 0. The van der Waals surface area contributed by atoms with Gasteiger partial charge in [0.25, 0.3) is 0 Å². The molecular weight excluding hydrogens is 264 g/mol. The summed E-state index contributed by atoms with van der Waals surface area (Å²) in [5, 5.41) is 21.4. The lowest BCUT2D eigenvalue weighted by molar-refractivity contribution is -0.122. The van der Waals surface area contributed by atoms with Gasteiger partial charge in [-0.2, -0.15) is 0 Å². The quantitative estimate of drug-likeness (QED) is 0.799. The molecule has 4 N–H and O–H groups in total. The second kappa shape index (κ2) is 4.55. The zero-order valence-electron chi connectivity index (χ0n) is 10.5. The number of phenolic OH excluding ortho intramolecular Hbond substituents is 2. The largest absolute Gasteiger partial charge is 0.508 e. The van der Waals surface area contributed by atoms with Gasteiger partial charge in [0.05, 0.1) is 11.1 Å². The van der Waals surface area contributed by atoms with Gasteiger partial charge in [-0.1, -0.05) is 0 Å². The first-order chi connectivity index (χ1) is 8.82. The van der Waals surface area contributed by atoms with Gasteiger partial charge in [0.1, 0.15) is 16.5 Å². The minimum absolute atomic E-state index is 0.0193. The van der Waals surface area contributed by atoms with E-state index >= 15 is 0 Å². The van der Waals surface area contributed by atoms with Crippen LogP contribution in [0.1, 0.15) is 18.9 Å². The molecule has 0 aliphatic rings. The number of thiazole rings is 1. The fourth-order valence-electron chi connectivity index (χ4n) is 1.53. The van der Waals surface area contributed by atoms with Crippen molar-refractivity contribution in [3.8, 4) is 22.8 Å². The first-order valence-electron chi connectivity index (χ1n) is 5.60. The Morgan fingerprint density at radius 3 is 2.63 bits per heavy atom. The number of carbonyl (C=O) groups is 1. The molecule has 19 heavy (non-hydrogen) atoms. The topological polar surface area (TPSA) is 96.4 Å². The number of amides is 1. The van der Waals surface area contributed by atoms with E-state index < -0.39 is 11.3 Å². The number of nitrogens with zero attached hydrogens (tertiary/aromatic N) is 1. The number of primary amides is 1. The van der Waals surface area contributed by atoms with Crippen LogP contribution in [0.4, 0.5) is 0 Å². The van der Waals surface area contributed by atoms with E-state index in [0.717, 1.165) is 0 Å². The third-order valence-corrected chi connectivity index (χ3v) is 4.08. The van der Waals surface area contributed by atoms with Crippen molar-refractivity contribution in [3.63, 3.8) is 0 Å². The standard InChI is InChI=1S/C13H14N2O3S/c1-13(2,11(14)18)12-15-9(6-19-12)8-4-3-7(16)5-10(8)17/h3-6,16-17H,1-2H3,(H2,14,18). The van der Waals surface area contributed by atoms with Gasteiger partial charge in [-0.25, -0.2) is 4.98 Å². The summed E-state index contributed by atoms with van der Waals surface area (Å²) in [5.74, 6) is -0.536. The molecule has 0 saturated carbocycles. The summed E-state index contributed by atoms with van der Waals surface area (Å²) in [6, 6.07) is 4.28. The fourth-order valence-corrected chi connectivity index (χ4v) is 2.48. The van der Waals surface area contributed by atoms with Gasteiger partial charge in [-0.3, -0.25) is 4.79 Å². The van der Waals surface area contributed by atoms with Crippen LogP contribution in [0.25, 0.3) is 11.3 Å². The Morgan fingerprint density at radius 1 is 1.37 bits per heavy atom. The molecule has 0 fully saturated rings. The molecule has 0 atom stereocenters. The second-order valence-corrected chi connectivity index (χ2v) is 5.59. The minimum Gasteiger partial charge on any atom is -0.508 e. The fraction of sp³-hybridized carbons (Fsp3) is 0.231. The second-order valence-electron chi connectivity index (χ2n) is 4.73. The lowest BCUT2D eigenvalue weighted by Crippen LogP contribution is -2.35. The van der Waals surface area contributed by atoms with E-state index in [9.17, 15) is 15.0 Å². The Hall–Kier alpha value is -2.08. The van der Waals surface area contributed by atoms with E-state index in [4.69, 9.17) is 5.73 Å².